The van der Waals surface area contributed by atoms with E-state index in [1.54, 1.807) is 0 Å². The van der Waals surface area contributed by atoms with E-state index < -0.39 is 0 Å². The molecule has 0 saturated carbocycles. The maximum absolute atomic E-state index is 10.8. The average molecular weight is 257 g/mol. The second kappa shape index (κ2) is 13.6. The van der Waals surface area contributed by atoms with Gasteiger partial charge in [-0.3, -0.25) is 4.79 Å². The summed E-state index contributed by atoms with van der Waals surface area (Å²) in [7, 11) is 0. The number of hydrogen-bond donors (Lipinski definition) is 1. The molecule has 0 rings (SSSR count). The first-order valence-corrected chi connectivity index (χ1v) is 7.94. The fraction of sp³-hybridized carbons (Fsp3) is 0.786. The van der Waals surface area contributed by atoms with Crippen LogP contribution in [0.1, 0.15) is 51.9 Å². The lowest BCUT2D eigenvalue weighted by Crippen LogP contribution is -2.23. The number of nitrogens with one attached hydrogen (secondary N) is 1. The predicted octanol–water partition coefficient (Wildman–Crippen LogP) is 3.77. The number of thioether (sulfide) groups is 1. The van der Waals surface area contributed by atoms with Crippen LogP contribution >= 0.6 is 11.8 Å². The molecule has 0 aromatic heterocycles. The summed E-state index contributed by atoms with van der Waals surface area (Å²) < 4.78 is 0. The van der Waals surface area contributed by atoms with E-state index in [0.29, 0.717) is 0 Å². The molecule has 0 aromatic carbocycles. The van der Waals surface area contributed by atoms with Crippen LogP contribution in [0.4, 0.5) is 0 Å². The number of rotatable bonds is 12. The molecule has 0 aromatic rings. The van der Waals surface area contributed by atoms with Crippen molar-refractivity contribution in [3.05, 3.63) is 12.7 Å². The maximum Gasteiger partial charge on any atom is 0.243 e. The zero-order valence-corrected chi connectivity index (χ0v) is 12.0. The highest BCUT2D eigenvalue weighted by Crippen LogP contribution is 2.10. The molecule has 0 saturated heterocycles. The van der Waals surface area contributed by atoms with Crippen molar-refractivity contribution >= 4 is 17.7 Å². The molecule has 0 bridgehead atoms. The van der Waals surface area contributed by atoms with E-state index in [-0.39, 0.29) is 5.91 Å². The number of hydrogen-bond acceptors (Lipinski definition) is 2. The molecule has 0 unspecified atom stereocenters. The molecular formula is C14H27NOS. The summed E-state index contributed by atoms with van der Waals surface area (Å²) in [6.07, 6.45) is 10.9. The van der Waals surface area contributed by atoms with Crippen LogP contribution in [-0.2, 0) is 4.79 Å². The first kappa shape index (κ1) is 16.6. The summed E-state index contributed by atoms with van der Waals surface area (Å²) in [4.78, 5) is 10.8. The molecular weight excluding hydrogens is 230 g/mol. The lowest BCUT2D eigenvalue weighted by molar-refractivity contribution is -0.116. The molecule has 100 valence electrons. The SMILES string of the molecule is C=CC(=O)NCCSCCCCCCCCC. The van der Waals surface area contributed by atoms with E-state index >= 15 is 0 Å². The molecule has 0 radical (unpaired) electrons. The molecule has 3 heteroatoms. The maximum atomic E-state index is 10.8. The molecule has 0 spiro atoms. The third-order valence-electron chi connectivity index (χ3n) is 2.62. The van der Waals surface area contributed by atoms with Crippen molar-refractivity contribution in [1.29, 1.82) is 0 Å². The van der Waals surface area contributed by atoms with Gasteiger partial charge in [0.25, 0.3) is 0 Å². The van der Waals surface area contributed by atoms with Gasteiger partial charge in [-0.15, -0.1) is 0 Å². The van der Waals surface area contributed by atoms with Crippen molar-refractivity contribution in [3.8, 4) is 0 Å². The van der Waals surface area contributed by atoms with Crippen LogP contribution in [0.25, 0.3) is 0 Å². The smallest absolute Gasteiger partial charge is 0.243 e. The highest BCUT2D eigenvalue weighted by Gasteiger charge is 1.94. The van der Waals surface area contributed by atoms with Crippen LogP contribution in [0, 0.1) is 0 Å². The Morgan fingerprint density at radius 1 is 1.12 bits per heavy atom. The van der Waals surface area contributed by atoms with Crippen molar-refractivity contribution in [1.82, 2.24) is 5.32 Å². The largest absolute Gasteiger partial charge is 0.352 e. The van der Waals surface area contributed by atoms with Crippen LogP contribution in [0.2, 0.25) is 0 Å². The summed E-state index contributed by atoms with van der Waals surface area (Å²) in [6, 6.07) is 0. The highest BCUT2D eigenvalue weighted by atomic mass is 32.2. The minimum Gasteiger partial charge on any atom is -0.352 e. The number of carbonyl (C=O) groups is 1. The van der Waals surface area contributed by atoms with Crippen molar-refractivity contribution in [2.24, 2.45) is 0 Å². The van der Waals surface area contributed by atoms with E-state index in [4.69, 9.17) is 0 Å². The van der Waals surface area contributed by atoms with E-state index in [9.17, 15) is 4.79 Å². The Morgan fingerprint density at radius 2 is 1.76 bits per heavy atom. The lowest BCUT2D eigenvalue weighted by atomic mass is 10.1. The average Bonchev–Trinajstić information content (AvgIpc) is 2.35. The Balaban J connectivity index is 2.98. The molecule has 0 fully saturated rings. The Labute approximate surface area is 111 Å². The molecule has 0 aliphatic rings. The van der Waals surface area contributed by atoms with Gasteiger partial charge in [-0.05, 0) is 18.2 Å². The van der Waals surface area contributed by atoms with E-state index in [0.717, 1.165) is 12.3 Å². The number of amides is 1. The quantitative estimate of drug-likeness (QED) is 0.426. The van der Waals surface area contributed by atoms with Gasteiger partial charge >= 0.3 is 0 Å². The third-order valence-corrected chi connectivity index (χ3v) is 3.69. The van der Waals surface area contributed by atoms with Crippen LogP contribution in [0.15, 0.2) is 12.7 Å². The van der Waals surface area contributed by atoms with Crippen molar-refractivity contribution < 1.29 is 4.79 Å². The fourth-order valence-corrected chi connectivity index (χ4v) is 2.44. The molecule has 1 N–H and O–H groups in total. The lowest BCUT2D eigenvalue weighted by Gasteiger charge is -2.03. The molecule has 2 nitrogen and oxygen atoms in total. The van der Waals surface area contributed by atoms with Gasteiger partial charge in [-0.25, -0.2) is 0 Å². The van der Waals surface area contributed by atoms with Crippen LogP contribution in [0.5, 0.6) is 0 Å². The van der Waals surface area contributed by atoms with Gasteiger partial charge in [-0.2, -0.15) is 11.8 Å². The minimum absolute atomic E-state index is 0.0680. The Hall–Kier alpha value is -0.440. The highest BCUT2D eigenvalue weighted by molar-refractivity contribution is 7.99. The monoisotopic (exact) mass is 257 g/mol. The van der Waals surface area contributed by atoms with E-state index in [1.807, 2.05) is 11.8 Å². The van der Waals surface area contributed by atoms with Gasteiger partial charge in [0, 0.05) is 12.3 Å². The van der Waals surface area contributed by atoms with Gasteiger partial charge in [0.15, 0.2) is 0 Å². The first-order chi connectivity index (χ1) is 8.31. The Morgan fingerprint density at radius 3 is 2.41 bits per heavy atom. The van der Waals surface area contributed by atoms with Gasteiger partial charge in [-0.1, -0.05) is 52.0 Å². The Bertz CT molecular complexity index is 195. The summed E-state index contributed by atoms with van der Waals surface area (Å²) in [6.45, 7) is 6.42. The predicted molar refractivity (Wildman–Crippen MR) is 78.5 cm³/mol. The zero-order valence-electron chi connectivity index (χ0n) is 11.2. The molecule has 1 amide bonds. The minimum atomic E-state index is -0.0680. The van der Waals surface area contributed by atoms with Gasteiger partial charge < -0.3 is 5.32 Å². The molecule has 0 atom stereocenters. The van der Waals surface area contributed by atoms with Crippen LogP contribution in [-0.4, -0.2) is 24.0 Å². The standard InChI is InChI=1S/C14H27NOS/c1-3-5-6-7-8-9-10-12-17-13-11-15-14(16)4-2/h4H,2-3,5-13H2,1H3,(H,15,16). The number of unbranched alkanes of at least 4 members (excludes halogenated alkanes) is 6. The molecule has 17 heavy (non-hydrogen) atoms. The third kappa shape index (κ3) is 13.5. The van der Waals surface area contributed by atoms with Gasteiger partial charge in [0.2, 0.25) is 5.91 Å². The zero-order chi connectivity index (χ0) is 12.8. The fourth-order valence-electron chi connectivity index (χ4n) is 1.58. The molecule has 0 aliphatic heterocycles. The van der Waals surface area contributed by atoms with E-state index in [1.165, 1.54) is 56.8 Å². The van der Waals surface area contributed by atoms with E-state index in [2.05, 4.69) is 18.8 Å². The summed E-state index contributed by atoms with van der Waals surface area (Å²) in [5, 5.41) is 2.78. The summed E-state index contributed by atoms with van der Waals surface area (Å²) in [5.74, 6) is 2.16. The van der Waals surface area contributed by atoms with Gasteiger partial charge in [0.1, 0.15) is 0 Å². The summed E-state index contributed by atoms with van der Waals surface area (Å²) >= 11 is 1.93. The second-order valence-electron chi connectivity index (χ2n) is 4.23. The second-order valence-corrected chi connectivity index (χ2v) is 5.45. The van der Waals surface area contributed by atoms with Crippen LogP contribution in [0.3, 0.4) is 0 Å². The molecule has 0 aliphatic carbocycles. The topological polar surface area (TPSA) is 29.1 Å². The molecule has 0 heterocycles. The van der Waals surface area contributed by atoms with Crippen molar-refractivity contribution in [3.63, 3.8) is 0 Å². The number of carbonyl (C=O) groups excluding carboxylic acids is 1. The summed E-state index contributed by atoms with van der Waals surface area (Å²) in [5.41, 5.74) is 0. The van der Waals surface area contributed by atoms with Crippen molar-refractivity contribution in [2.45, 2.75) is 51.9 Å². The normalized spacial score (nSPS) is 10.2. The first-order valence-electron chi connectivity index (χ1n) is 6.79. The van der Waals surface area contributed by atoms with Crippen LogP contribution < -0.4 is 5.32 Å². The van der Waals surface area contributed by atoms with Crippen molar-refractivity contribution in [2.75, 3.05) is 18.1 Å². The Kier molecular flexibility index (Phi) is 13.3. The van der Waals surface area contributed by atoms with Gasteiger partial charge in [0.05, 0.1) is 0 Å².